The highest BCUT2D eigenvalue weighted by atomic mass is 32.4. The molecule has 192 valence electrons. The first kappa shape index (κ1) is 24.6. The molecule has 0 radical (unpaired) electrons. The largest absolute Gasteiger partial charge is 0.310 e. The summed E-state index contributed by atoms with van der Waals surface area (Å²) in [5.74, 6) is 0. The van der Waals surface area contributed by atoms with Crippen LogP contribution >= 0.6 is 6.04 Å². The van der Waals surface area contributed by atoms with Gasteiger partial charge in [-0.3, -0.25) is 0 Å². The molecular weight excluding hydrogens is 523 g/mol. The molecule has 0 N–H and O–H groups in total. The Morgan fingerprint density at radius 3 is 1.57 bits per heavy atom. The van der Waals surface area contributed by atoms with Crippen LogP contribution in [-0.2, 0) is 11.8 Å². The van der Waals surface area contributed by atoms with E-state index in [0.29, 0.717) is 0 Å². The zero-order valence-corrected chi connectivity index (χ0v) is 23.5. The lowest BCUT2D eigenvalue weighted by atomic mass is 10.1. The summed E-state index contributed by atoms with van der Waals surface area (Å²) in [4.78, 5) is 4.70. The maximum absolute atomic E-state index is 6.80. The van der Waals surface area contributed by atoms with E-state index in [2.05, 4.69) is 174 Å². The van der Waals surface area contributed by atoms with Gasteiger partial charge in [-0.2, -0.15) is 0 Å². The van der Waals surface area contributed by atoms with Crippen molar-refractivity contribution in [2.24, 2.45) is 0 Å². The number of fused-ring (bicyclic) bond motifs is 2. The molecule has 0 fully saturated rings. The number of rotatable bonds is 5. The SMILES string of the molecule is S=P1(c2ccccc2)c2ccccc2N(c2ccccc2)c2cc(N(c3ccccc3)c3ccccc3)ccc21. The lowest BCUT2D eigenvalue weighted by molar-refractivity contribution is 1.26. The van der Waals surface area contributed by atoms with Crippen LogP contribution in [0.25, 0.3) is 0 Å². The number of anilines is 6. The second-order valence-electron chi connectivity index (χ2n) is 9.78. The predicted octanol–water partition coefficient (Wildman–Crippen LogP) is 8.70. The molecule has 0 amide bonds. The monoisotopic (exact) mass is 550 g/mol. The normalized spacial score (nSPS) is 15.7. The number of nitrogens with zero attached hydrogens (tertiary/aromatic N) is 2. The van der Waals surface area contributed by atoms with Gasteiger partial charge >= 0.3 is 0 Å². The van der Waals surface area contributed by atoms with Crippen molar-refractivity contribution in [3.8, 4) is 0 Å². The molecule has 6 aromatic rings. The lowest BCUT2D eigenvalue weighted by Crippen LogP contribution is -2.36. The minimum atomic E-state index is -2.32. The van der Waals surface area contributed by atoms with E-state index in [1.807, 2.05) is 0 Å². The number of hydrogen-bond acceptors (Lipinski definition) is 3. The van der Waals surface area contributed by atoms with Crippen molar-refractivity contribution in [1.82, 2.24) is 0 Å². The Morgan fingerprint density at radius 1 is 0.450 bits per heavy atom. The van der Waals surface area contributed by atoms with Crippen LogP contribution in [0.15, 0.2) is 164 Å². The highest BCUT2D eigenvalue weighted by Gasteiger charge is 2.37. The van der Waals surface area contributed by atoms with Gasteiger partial charge in [-0.1, -0.05) is 115 Å². The first-order valence-corrected chi connectivity index (χ1v) is 16.2. The molecule has 0 saturated carbocycles. The third-order valence-electron chi connectivity index (χ3n) is 7.42. The maximum atomic E-state index is 6.80. The van der Waals surface area contributed by atoms with Gasteiger partial charge in [0.2, 0.25) is 0 Å². The Labute approximate surface area is 240 Å². The Hall–Kier alpha value is -4.43. The van der Waals surface area contributed by atoms with E-state index in [4.69, 9.17) is 11.8 Å². The van der Waals surface area contributed by atoms with Crippen LogP contribution in [-0.4, -0.2) is 0 Å². The van der Waals surface area contributed by atoms with E-state index < -0.39 is 6.04 Å². The third-order valence-corrected chi connectivity index (χ3v) is 12.4. The fourth-order valence-electron chi connectivity index (χ4n) is 5.65. The van der Waals surface area contributed by atoms with Gasteiger partial charge in [-0.25, -0.2) is 0 Å². The van der Waals surface area contributed by atoms with Crippen LogP contribution in [0.3, 0.4) is 0 Å². The molecule has 2 nitrogen and oxygen atoms in total. The average molecular weight is 551 g/mol. The van der Waals surface area contributed by atoms with E-state index in [0.717, 1.165) is 34.1 Å². The van der Waals surface area contributed by atoms with Gasteiger partial charge in [-0.05, 0) is 66.0 Å². The Morgan fingerprint density at radius 2 is 0.950 bits per heavy atom. The Kier molecular flexibility index (Phi) is 6.32. The first-order chi connectivity index (χ1) is 19.7. The van der Waals surface area contributed by atoms with E-state index in [1.165, 1.54) is 15.9 Å². The second-order valence-corrected chi connectivity index (χ2v) is 14.1. The summed E-state index contributed by atoms with van der Waals surface area (Å²) < 4.78 is 0. The summed E-state index contributed by atoms with van der Waals surface area (Å²) in [6.07, 6.45) is 0. The van der Waals surface area contributed by atoms with E-state index >= 15 is 0 Å². The van der Waals surface area contributed by atoms with E-state index in [9.17, 15) is 0 Å². The minimum absolute atomic E-state index is 1.09. The van der Waals surface area contributed by atoms with Crippen LogP contribution in [0.1, 0.15) is 0 Å². The van der Waals surface area contributed by atoms with Gasteiger partial charge in [0.1, 0.15) is 0 Å². The second kappa shape index (κ2) is 10.3. The van der Waals surface area contributed by atoms with Gasteiger partial charge < -0.3 is 9.80 Å². The van der Waals surface area contributed by atoms with E-state index in [-0.39, 0.29) is 0 Å². The predicted molar refractivity (Wildman–Crippen MR) is 175 cm³/mol. The Balaban J connectivity index is 1.53. The molecule has 4 heteroatoms. The van der Waals surface area contributed by atoms with Crippen molar-refractivity contribution >= 4 is 67.9 Å². The highest BCUT2D eigenvalue weighted by molar-refractivity contribution is 8.25. The summed E-state index contributed by atoms with van der Waals surface area (Å²) in [6, 6.07) is 55.6. The van der Waals surface area contributed by atoms with E-state index in [1.54, 1.807) is 0 Å². The van der Waals surface area contributed by atoms with Crippen molar-refractivity contribution in [2.45, 2.75) is 0 Å². The summed E-state index contributed by atoms with van der Waals surface area (Å²) >= 11 is 6.80. The fraction of sp³-hybridized carbons (Fsp3) is 0. The minimum Gasteiger partial charge on any atom is -0.310 e. The van der Waals surface area contributed by atoms with Crippen molar-refractivity contribution in [1.29, 1.82) is 0 Å². The molecule has 0 spiro atoms. The molecule has 1 heterocycles. The van der Waals surface area contributed by atoms with Gasteiger partial charge in [0.25, 0.3) is 0 Å². The molecule has 0 bridgehead atoms. The molecule has 0 aliphatic carbocycles. The number of benzene rings is 6. The molecule has 40 heavy (non-hydrogen) atoms. The molecule has 1 unspecified atom stereocenters. The maximum Gasteiger partial charge on any atom is 0.0573 e. The van der Waals surface area contributed by atoms with Gasteiger partial charge in [0.05, 0.1) is 11.4 Å². The molecule has 6 aromatic carbocycles. The highest BCUT2D eigenvalue weighted by Crippen LogP contribution is 2.55. The van der Waals surface area contributed by atoms with Crippen LogP contribution in [0.4, 0.5) is 34.1 Å². The summed E-state index contributed by atoms with van der Waals surface area (Å²) in [5.41, 5.74) is 6.71. The number of para-hydroxylation sites is 4. The topological polar surface area (TPSA) is 6.48 Å². The van der Waals surface area contributed by atoms with Crippen LogP contribution in [0.2, 0.25) is 0 Å². The molecule has 1 aliphatic rings. The van der Waals surface area contributed by atoms with Crippen LogP contribution < -0.4 is 25.7 Å². The summed E-state index contributed by atoms with van der Waals surface area (Å²) in [7, 11) is 0. The van der Waals surface area contributed by atoms with Crippen molar-refractivity contribution in [3.63, 3.8) is 0 Å². The summed E-state index contributed by atoms with van der Waals surface area (Å²) in [5, 5.41) is 3.64. The smallest absolute Gasteiger partial charge is 0.0573 e. The summed E-state index contributed by atoms with van der Waals surface area (Å²) in [6.45, 7) is 0. The molecular formula is C36H27N2PS. The lowest BCUT2D eigenvalue weighted by Gasteiger charge is -2.40. The fourth-order valence-corrected chi connectivity index (χ4v) is 9.91. The average Bonchev–Trinajstić information content (AvgIpc) is 3.03. The number of hydrogen-bond donors (Lipinski definition) is 0. The van der Waals surface area contributed by atoms with Gasteiger partial charge in [-0.15, -0.1) is 0 Å². The van der Waals surface area contributed by atoms with Gasteiger partial charge in [0, 0.05) is 39.4 Å². The molecule has 0 saturated heterocycles. The molecule has 1 aliphatic heterocycles. The Bertz CT molecular complexity index is 1780. The quantitative estimate of drug-likeness (QED) is 0.198. The first-order valence-electron chi connectivity index (χ1n) is 13.4. The van der Waals surface area contributed by atoms with Gasteiger partial charge in [0.15, 0.2) is 0 Å². The zero-order chi connectivity index (χ0) is 26.9. The van der Waals surface area contributed by atoms with Crippen LogP contribution in [0.5, 0.6) is 0 Å². The molecule has 0 aromatic heterocycles. The third kappa shape index (κ3) is 4.07. The zero-order valence-electron chi connectivity index (χ0n) is 21.8. The van der Waals surface area contributed by atoms with Crippen molar-refractivity contribution in [3.05, 3.63) is 164 Å². The van der Waals surface area contributed by atoms with Crippen molar-refractivity contribution in [2.75, 3.05) is 9.80 Å². The molecule has 7 rings (SSSR count). The van der Waals surface area contributed by atoms with Crippen LogP contribution in [0, 0.1) is 0 Å². The standard InChI is InChI=1S/C36H27N2PS/c40-39(32-21-11-4-12-22-32)35-24-14-13-23-33(35)38(30-19-9-3-10-20-30)34-27-31(25-26-36(34)39)37(28-15-5-1-6-16-28)29-17-7-2-8-18-29/h1-27H. The molecule has 1 atom stereocenters. The van der Waals surface area contributed by atoms with Crippen molar-refractivity contribution < 1.29 is 0 Å².